The molecule has 2 N–H and O–H groups in total. The summed E-state index contributed by atoms with van der Waals surface area (Å²) in [6.45, 7) is 0.214. The zero-order chi connectivity index (χ0) is 14.8. The van der Waals surface area contributed by atoms with Crippen molar-refractivity contribution in [1.82, 2.24) is 10.1 Å². The lowest BCUT2D eigenvalue weighted by molar-refractivity contribution is -0.137. The third-order valence-corrected chi connectivity index (χ3v) is 2.58. The van der Waals surface area contributed by atoms with Gasteiger partial charge in [0.25, 0.3) is 5.89 Å². The Morgan fingerprint density at radius 1 is 1.30 bits per heavy atom. The normalized spacial score (nSPS) is 13.4. The maximum Gasteiger partial charge on any atom is 0.416 e. The molecule has 0 fully saturated rings. The predicted molar refractivity (Wildman–Crippen MR) is 63.5 cm³/mol. The van der Waals surface area contributed by atoms with Gasteiger partial charge in [-0.1, -0.05) is 5.16 Å². The van der Waals surface area contributed by atoms with E-state index in [9.17, 15) is 13.2 Å². The van der Waals surface area contributed by atoms with Crippen LogP contribution in [-0.4, -0.2) is 23.9 Å². The summed E-state index contributed by atoms with van der Waals surface area (Å²) in [5, 5.41) is 3.67. The molecule has 20 heavy (non-hydrogen) atoms. The molecule has 0 radical (unpaired) electrons. The highest BCUT2D eigenvalue weighted by Gasteiger charge is 2.30. The number of ether oxygens (including phenoxy) is 1. The van der Waals surface area contributed by atoms with Gasteiger partial charge in [-0.05, 0) is 24.3 Å². The topological polar surface area (TPSA) is 74.2 Å². The smallest absolute Gasteiger partial charge is 0.383 e. The quantitative estimate of drug-likeness (QED) is 0.934. The van der Waals surface area contributed by atoms with Gasteiger partial charge in [0.15, 0.2) is 5.82 Å². The number of halogens is 3. The maximum atomic E-state index is 12.4. The monoisotopic (exact) mass is 287 g/mol. The van der Waals surface area contributed by atoms with E-state index in [4.69, 9.17) is 15.0 Å². The number of hydrogen-bond acceptors (Lipinski definition) is 5. The minimum absolute atomic E-state index is 0.111. The number of nitrogens with zero attached hydrogens (tertiary/aromatic N) is 2. The Hall–Kier alpha value is -1.93. The molecule has 2 rings (SSSR count). The fourth-order valence-corrected chi connectivity index (χ4v) is 1.56. The number of nitrogens with two attached hydrogens (primary N) is 1. The van der Waals surface area contributed by atoms with Gasteiger partial charge in [-0.15, -0.1) is 0 Å². The second-order valence-electron chi connectivity index (χ2n) is 4.09. The highest BCUT2D eigenvalue weighted by molar-refractivity contribution is 5.53. The summed E-state index contributed by atoms with van der Waals surface area (Å²) >= 11 is 0. The van der Waals surface area contributed by atoms with Crippen LogP contribution < -0.4 is 5.73 Å². The third-order valence-electron chi connectivity index (χ3n) is 2.58. The van der Waals surface area contributed by atoms with E-state index in [2.05, 4.69) is 10.1 Å². The molecule has 0 amide bonds. The fourth-order valence-electron chi connectivity index (χ4n) is 1.56. The molecule has 0 saturated carbocycles. The zero-order valence-electron chi connectivity index (χ0n) is 10.5. The van der Waals surface area contributed by atoms with E-state index < -0.39 is 17.8 Å². The Labute approximate surface area is 112 Å². The van der Waals surface area contributed by atoms with E-state index in [0.29, 0.717) is 5.56 Å². The zero-order valence-corrected chi connectivity index (χ0v) is 10.5. The van der Waals surface area contributed by atoms with Gasteiger partial charge in [-0.3, -0.25) is 0 Å². The molecule has 1 aromatic carbocycles. The molecule has 1 unspecified atom stereocenters. The van der Waals surface area contributed by atoms with Crippen molar-refractivity contribution in [2.45, 2.75) is 12.2 Å². The van der Waals surface area contributed by atoms with Crippen LogP contribution in [0.2, 0.25) is 0 Å². The summed E-state index contributed by atoms with van der Waals surface area (Å²) in [4.78, 5) is 4.03. The maximum absolute atomic E-state index is 12.4. The molecule has 1 heterocycles. The van der Waals surface area contributed by atoms with Gasteiger partial charge in [0.05, 0.1) is 18.2 Å². The van der Waals surface area contributed by atoms with Crippen molar-refractivity contribution >= 4 is 0 Å². The van der Waals surface area contributed by atoms with Crippen molar-refractivity contribution in [2.75, 3.05) is 13.7 Å². The van der Waals surface area contributed by atoms with E-state index in [0.717, 1.165) is 12.1 Å². The fraction of sp³-hybridized carbons (Fsp3) is 0.333. The summed E-state index contributed by atoms with van der Waals surface area (Å²) in [5.41, 5.74) is 5.37. The Morgan fingerprint density at radius 2 is 1.95 bits per heavy atom. The molecular formula is C12H12F3N3O2. The van der Waals surface area contributed by atoms with Crippen LogP contribution in [0.25, 0.3) is 11.5 Å². The predicted octanol–water partition coefficient (Wildman–Crippen LogP) is 2.40. The number of rotatable bonds is 4. The molecule has 5 nitrogen and oxygen atoms in total. The van der Waals surface area contributed by atoms with Crippen LogP contribution in [0.15, 0.2) is 28.8 Å². The lowest BCUT2D eigenvalue weighted by Crippen LogP contribution is -2.17. The number of alkyl halides is 3. The molecule has 0 spiro atoms. The van der Waals surface area contributed by atoms with Gasteiger partial charge < -0.3 is 15.0 Å². The van der Waals surface area contributed by atoms with Gasteiger partial charge in [0, 0.05) is 12.7 Å². The first-order valence-electron chi connectivity index (χ1n) is 5.67. The molecule has 0 aliphatic rings. The van der Waals surface area contributed by atoms with Crippen LogP contribution in [0.3, 0.4) is 0 Å². The number of methoxy groups -OCH3 is 1. The summed E-state index contributed by atoms with van der Waals surface area (Å²) < 4.78 is 47.1. The second kappa shape index (κ2) is 5.59. The third kappa shape index (κ3) is 3.14. The first kappa shape index (κ1) is 14.5. The molecular weight excluding hydrogens is 275 g/mol. The largest absolute Gasteiger partial charge is 0.416 e. The van der Waals surface area contributed by atoms with Crippen LogP contribution in [0.4, 0.5) is 13.2 Å². The van der Waals surface area contributed by atoms with E-state index in [1.807, 2.05) is 0 Å². The summed E-state index contributed by atoms with van der Waals surface area (Å²) in [7, 11) is 1.48. The molecule has 1 aromatic heterocycles. The van der Waals surface area contributed by atoms with Crippen LogP contribution >= 0.6 is 0 Å². The van der Waals surface area contributed by atoms with Crippen molar-refractivity contribution < 1.29 is 22.4 Å². The number of benzene rings is 1. The Kier molecular flexibility index (Phi) is 4.05. The first-order chi connectivity index (χ1) is 9.41. The van der Waals surface area contributed by atoms with Crippen LogP contribution in [0.1, 0.15) is 17.4 Å². The van der Waals surface area contributed by atoms with Gasteiger partial charge in [0.2, 0.25) is 0 Å². The Bertz CT molecular complexity index is 566. The lowest BCUT2D eigenvalue weighted by Gasteiger charge is -2.05. The van der Waals surface area contributed by atoms with Crippen molar-refractivity contribution in [3.8, 4) is 11.5 Å². The molecule has 1 atom stereocenters. The van der Waals surface area contributed by atoms with E-state index >= 15 is 0 Å². The van der Waals surface area contributed by atoms with Crippen LogP contribution in [-0.2, 0) is 10.9 Å². The SMILES string of the molecule is COCC(N)c1noc(-c2ccc(C(F)(F)F)cc2)n1. The molecule has 2 aromatic rings. The Balaban J connectivity index is 2.20. The number of aromatic nitrogens is 2. The molecule has 8 heteroatoms. The highest BCUT2D eigenvalue weighted by Crippen LogP contribution is 2.30. The number of hydrogen-bond donors (Lipinski definition) is 1. The molecule has 0 bridgehead atoms. The van der Waals surface area contributed by atoms with Crippen molar-refractivity contribution in [1.29, 1.82) is 0 Å². The van der Waals surface area contributed by atoms with E-state index in [-0.39, 0.29) is 18.3 Å². The molecule has 0 aliphatic heterocycles. The van der Waals surface area contributed by atoms with Gasteiger partial charge >= 0.3 is 6.18 Å². The standard InChI is InChI=1S/C12H12F3N3O2/c1-19-6-9(16)10-17-11(20-18-10)7-2-4-8(5-3-7)12(13,14)15/h2-5,9H,6,16H2,1H3. The molecule has 0 saturated heterocycles. The lowest BCUT2D eigenvalue weighted by atomic mass is 10.1. The van der Waals surface area contributed by atoms with E-state index in [1.165, 1.54) is 19.2 Å². The van der Waals surface area contributed by atoms with Crippen molar-refractivity contribution in [3.05, 3.63) is 35.7 Å². The van der Waals surface area contributed by atoms with Gasteiger partial charge in [0.1, 0.15) is 0 Å². The minimum atomic E-state index is -4.38. The van der Waals surface area contributed by atoms with Gasteiger partial charge in [-0.2, -0.15) is 18.2 Å². The Morgan fingerprint density at radius 3 is 2.50 bits per heavy atom. The highest BCUT2D eigenvalue weighted by atomic mass is 19.4. The van der Waals surface area contributed by atoms with Crippen LogP contribution in [0, 0.1) is 0 Å². The average Bonchev–Trinajstić information content (AvgIpc) is 2.88. The summed E-state index contributed by atoms with van der Waals surface area (Å²) in [5.74, 6) is 0.349. The van der Waals surface area contributed by atoms with Crippen molar-refractivity contribution in [2.24, 2.45) is 5.73 Å². The van der Waals surface area contributed by atoms with Crippen molar-refractivity contribution in [3.63, 3.8) is 0 Å². The summed E-state index contributed by atoms with van der Waals surface area (Å²) in [6, 6.07) is 3.89. The molecule has 0 aliphatic carbocycles. The average molecular weight is 287 g/mol. The second-order valence-corrected chi connectivity index (χ2v) is 4.09. The van der Waals surface area contributed by atoms with Gasteiger partial charge in [-0.25, -0.2) is 0 Å². The van der Waals surface area contributed by atoms with Crippen LogP contribution in [0.5, 0.6) is 0 Å². The first-order valence-corrected chi connectivity index (χ1v) is 5.67. The van der Waals surface area contributed by atoms with E-state index in [1.54, 1.807) is 0 Å². The summed E-state index contributed by atoms with van der Waals surface area (Å²) in [6.07, 6.45) is -4.38. The molecule has 108 valence electrons. The minimum Gasteiger partial charge on any atom is -0.383 e.